The topological polar surface area (TPSA) is 21.3 Å². The average Bonchev–Trinajstić information content (AvgIpc) is 2.74. The van der Waals surface area contributed by atoms with Gasteiger partial charge in [0.15, 0.2) is 0 Å². The highest BCUT2D eigenvalue weighted by Gasteiger charge is 2.27. The van der Waals surface area contributed by atoms with Crippen molar-refractivity contribution in [3.05, 3.63) is 90.5 Å². The number of nitrogens with one attached hydrogen (secondary N) is 1. The van der Waals surface area contributed by atoms with Gasteiger partial charge in [0.05, 0.1) is 6.61 Å². The molecule has 2 atom stereocenters. The van der Waals surface area contributed by atoms with E-state index in [0.717, 1.165) is 31.0 Å². The second-order valence-corrected chi connectivity index (χ2v) is 6.94. The lowest BCUT2D eigenvalue weighted by molar-refractivity contribution is 0.197. The van der Waals surface area contributed by atoms with Crippen LogP contribution in [0.3, 0.4) is 0 Å². The van der Waals surface area contributed by atoms with E-state index in [1.165, 1.54) is 17.5 Å². The number of benzene rings is 3. The first-order chi connectivity index (χ1) is 12.9. The van der Waals surface area contributed by atoms with Gasteiger partial charge in [0.25, 0.3) is 0 Å². The lowest BCUT2D eigenvalue weighted by atomic mass is 9.81. The van der Waals surface area contributed by atoms with E-state index in [-0.39, 0.29) is 0 Å². The van der Waals surface area contributed by atoms with Crippen molar-refractivity contribution in [2.24, 2.45) is 5.92 Å². The Labute approximate surface area is 155 Å². The first-order valence-corrected chi connectivity index (χ1v) is 9.45. The molecule has 132 valence electrons. The molecule has 26 heavy (non-hydrogen) atoms. The maximum Gasteiger partial charge on any atom is 0.127 e. The first-order valence-electron chi connectivity index (χ1n) is 9.45. The normalized spacial score (nSPS) is 19.8. The van der Waals surface area contributed by atoms with Gasteiger partial charge >= 0.3 is 0 Å². The van der Waals surface area contributed by atoms with Crippen LogP contribution in [0.15, 0.2) is 84.9 Å². The molecule has 3 aromatic rings. The minimum atomic E-state index is 0.481. The Morgan fingerprint density at radius 2 is 1.50 bits per heavy atom. The van der Waals surface area contributed by atoms with E-state index >= 15 is 0 Å². The van der Waals surface area contributed by atoms with E-state index in [0.29, 0.717) is 11.8 Å². The lowest BCUT2D eigenvalue weighted by Gasteiger charge is -2.32. The van der Waals surface area contributed by atoms with Crippen LogP contribution in [-0.4, -0.2) is 19.7 Å². The summed E-state index contributed by atoms with van der Waals surface area (Å²) in [5.74, 6) is 2.01. The van der Waals surface area contributed by atoms with Gasteiger partial charge in [0.1, 0.15) is 5.75 Å². The molecule has 1 N–H and O–H groups in total. The number of rotatable bonds is 5. The van der Waals surface area contributed by atoms with Crippen LogP contribution in [0, 0.1) is 5.92 Å². The summed E-state index contributed by atoms with van der Waals surface area (Å²) in [4.78, 5) is 0. The minimum Gasteiger partial charge on any atom is -0.493 e. The molecule has 2 unspecified atom stereocenters. The van der Waals surface area contributed by atoms with Gasteiger partial charge < -0.3 is 10.1 Å². The first kappa shape index (κ1) is 16.9. The van der Waals surface area contributed by atoms with Crippen molar-refractivity contribution in [3.63, 3.8) is 0 Å². The summed E-state index contributed by atoms with van der Waals surface area (Å²) in [6.07, 6.45) is 1.17. The van der Waals surface area contributed by atoms with Crippen LogP contribution in [0.2, 0.25) is 0 Å². The highest BCUT2D eigenvalue weighted by Crippen LogP contribution is 2.33. The quantitative estimate of drug-likeness (QED) is 0.694. The summed E-state index contributed by atoms with van der Waals surface area (Å²) in [6, 6.07) is 29.7. The zero-order valence-corrected chi connectivity index (χ0v) is 15.0. The molecular formula is C24H25NO. The summed E-state index contributed by atoms with van der Waals surface area (Å²) in [5, 5.41) is 3.54. The van der Waals surface area contributed by atoms with Gasteiger partial charge in [0.2, 0.25) is 0 Å². The van der Waals surface area contributed by atoms with E-state index in [1.54, 1.807) is 0 Å². The van der Waals surface area contributed by atoms with Crippen molar-refractivity contribution in [3.8, 4) is 16.9 Å². The molecule has 0 saturated carbocycles. The fourth-order valence-corrected chi connectivity index (χ4v) is 3.88. The number of ether oxygens (including phenoxy) is 1. The van der Waals surface area contributed by atoms with Gasteiger partial charge in [-0.05, 0) is 36.1 Å². The van der Waals surface area contributed by atoms with Crippen LogP contribution in [0.25, 0.3) is 11.1 Å². The largest absolute Gasteiger partial charge is 0.493 e. The smallest absolute Gasteiger partial charge is 0.127 e. The van der Waals surface area contributed by atoms with E-state index in [4.69, 9.17) is 4.74 Å². The van der Waals surface area contributed by atoms with Crippen molar-refractivity contribution < 1.29 is 4.74 Å². The van der Waals surface area contributed by atoms with Gasteiger partial charge in [-0.1, -0.05) is 78.9 Å². The van der Waals surface area contributed by atoms with E-state index in [1.807, 2.05) is 6.07 Å². The molecule has 2 heteroatoms. The number of hydrogen-bond acceptors (Lipinski definition) is 2. The number of para-hydroxylation sites is 1. The van der Waals surface area contributed by atoms with Crippen LogP contribution in [0.1, 0.15) is 17.9 Å². The van der Waals surface area contributed by atoms with E-state index in [9.17, 15) is 0 Å². The molecule has 0 radical (unpaired) electrons. The summed E-state index contributed by atoms with van der Waals surface area (Å²) in [6.45, 7) is 2.82. The summed E-state index contributed by atoms with van der Waals surface area (Å²) in [7, 11) is 0. The van der Waals surface area contributed by atoms with Gasteiger partial charge in [-0.15, -0.1) is 0 Å². The molecule has 0 spiro atoms. The summed E-state index contributed by atoms with van der Waals surface area (Å²) in [5.41, 5.74) is 3.79. The molecule has 1 aliphatic rings. The molecule has 1 fully saturated rings. The van der Waals surface area contributed by atoms with Gasteiger partial charge in [-0.25, -0.2) is 0 Å². The Morgan fingerprint density at radius 3 is 2.31 bits per heavy atom. The molecule has 0 bridgehead atoms. The van der Waals surface area contributed by atoms with Crippen molar-refractivity contribution in [2.45, 2.75) is 12.3 Å². The van der Waals surface area contributed by atoms with Crippen molar-refractivity contribution in [1.82, 2.24) is 5.32 Å². The fourth-order valence-electron chi connectivity index (χ4n) is 3.88. The van der Waals surface area contributed by atoms with Gasteiger partial charge in [-0.2, -0.15) is 0 Å². The molecule has 0 amide bonds. The third-order valence-corrected chi connectivity index (χ3v) is 5.26. The number of piperidine rings is 1. The Hall–Kier alpha value is -2.58. The molecule has 3 aromatic carbocycles. The minimum absolute atomic E-state index is 0.481. The summed E-state index contributed by atoms with van der Waals surface area (Å²) >= 11 is 0. The highest BCUT2D eigenvalue weighted by atomic mass is 16.5. The van der Waals surface area contributed by atoms with Crippen molar-refractivity contribution in [2.75, 3.05) is 19.7 Å². The van der Waals surface area contributed by atoms with Crippen LogP contribution < -0.4 is 10.1 Å². The third kappa shape index (κ3) is 3.81. The standard InChI is InChI=1S/C24H25NO/c1-3-9-19(10-4-1)22-15-16-25-17-21(22)18-26-24-14-8-7-13-23(24)20-11-5-2-6-12-20/h1-14,21-22,25H,15-18H2. The lowest BCUT2D eigenvalue weighted by Crippen LogP contribution is -2.38. The monoisotopic (exact) mass is 343 g/mol. The molecule has 2 nitrogen and oxygen atoms in total. The molecular weight excluding hydrogens is 318 g/mol. The maximum atomic E-state index is 6.34. The SMILES string of the molecule is c1ccc(-c2ccccc2OCC2CNCCC2c2ccccc2)cc1. The molecule has 1 aliphatic heterocycles. The van der Waals surface area contributed by atoms with E-state index < -0.39 is 0 Å². The van der Waals surface area contributed by atoms with Gasteiger partial charge in [-0.3, -0.25) is 0 Å². The number of hydrogen-bond donors (Lipinski definition) is 1. The second-order valence-electron chi connectivity index (χ2n) is 6.94. The predicted molar refractivity (Wildman–Crippen MR) is 108 cm³/mol. The molecule has 1 saturated heterocycles. The van der Waals surface area contributed by atoms with Crippen molar-refractivity contribution >= 4 is 0 Å². The average molecular weight is 343 g/mol. The van der Waals surface area contributed by atoms with Crippen LogP contribution in [-0.2, 0) is 0 Å². The molecule has 0 aliphatic carbocycles. The predicted octanol–water partition coefficient (Wildman–Crippen LogP) is 5.13. The highest BCUT2D eigenvalue weighted by molar-refractivity contribution is 5.70. The van der Waals surface area contributed by atoms with Crippen LogP contribution >= 0.6 is 0 Å². The van der Waals surface area contributed by atoms with Crippen LogP contribution in [0.4, 0.5) is 0 Å². The zero-order chi connectivity index (χ0) is 17.6. The Kier molecular flexibility index (Phi) is 5.32. The molecule has 0 aromatic heterocycles. The molecule has 1 heterocycles. The fraction of sp³-hybridized carbons (Fsp3) is 0.250. The Bertz CT molecular complexity index is 816. The van der Waals surface area contributed by atoms with E-state index in [2.05, 4.69) is 84.2 Å². The van der Waals surface area contributed by atoms with Gasteiger partial charge in [0, 0.05) is 18.0 Å². The summed E-state index contributed by atoms with van der Waals surface area (Å²) < 4.78 is 6.34. The Morgan fingerprint density at radius 1 is 0.808 bits per heavy atom. The Balaban J connectivity index is 1.52. The molecule has 4 rings (SSSR count). The zero-order valence-electron chi connectivity index (χ0n) is 15.0. The second kappa shape index (κ2) is 8.20. The maximum absolute atomic E-state index is 6.34. The third-order valence-electron chi connectivity index (χ3n) is 5.26. The van der Waals surface area contributed by atoms with Crippen molar-refractivity contribution in [1.29, 1.82) is 0 Å². The van der Waals surface area contributed by atoms with Crippen LogP contribution in [0.5, 0.6) is 5.75 Å².